The Morgan fingerprint density at radius 1 is 1.00 bits per heavy atom. The highest BCUT2D eigenvalue weighted by atomic mass is 32.2. The van der Waals surface area contributed by atoms with Gasteiger partial charge in [-0.2, -0.15) is 11.8 Å². The lowest BCUT2D eigenvalue weighted by atomic mass is 10.2. The fourth-order valence-electron chi connectivity index (χ4n) is 2.24. The number of benzene rings is 2. The van der Waals surface area contributed by atoms with Gasteiger partial charge in [0.2, 0.25) is 0 Å². The molecule has 0 aliphatic carbocycles. The van der Waals surface area contributed by atoms with Crippen LogP contribution < -0.4 is 4.72 Å². The summed E-state index contributed by atoms with van der Waals surface area (Å²) >= 11 is 1.79. The molecule has 0 fully saturated rings. The van der Waals surface area contributed by atoms with Crippen LogP contribution in [-0.2, 0) is 15.8 Å². The normalized spacial score (nSPS) is 17.2. The molecule has 1 aliphatic rings. The summed E-state index contributed by atoms with van der Waals surface area (Å²) in [7, 11) is -3.43. The molecular formula is C16H16N2O2S2. The number of aliphatic imine (C=N–C) groups is 1. The first kappa shape index (κ1) is 15.1. The highest BCUT2D eigenvalue weighted by Gasteiger charge is 2.29. The van der Waals surface area contributed by atoms with Crippen molar-refractivity contribution in [2.45, 2.75) is 10.6 Å². The predicted molar refractivity (Wildman–Crippen MR) is 90.8 cm³/mol. The van der Waals surface area contributed by atoms with E-state index >= 15 is 0 Å². The number of hydrogen-bond donors (Lipinski definition) is 1. The summed E-state index contributed by atoms with van der Waals surface area (Å²) < 4.78 is 26.4. The van der Waals surface area contributed by atoms with Crippen molar-refractivity contribution in [1.82, 2.24) is 4.72 Å². The fourth-order valence-corrected chi connectivity index (χ4v) is 4.28. The van der Waals surface area contributed by atoms with E-state index in [1.807, 2.05) is 24.3 Å². The molecule has 0 amide bonds. The molecule has 0 aromatic heterocycles. The third-order valence-corrected chi connectivity index (χ3v) is 5.69. The largest absolute Gasteiger partial charge is 0.266 e. The standard InChI is InChI=1S/C16H16N2O2S2/c19-22(20)15-9-5-4-8-14(15)16(18-22)17-10-11-21-12-13-6-2-1-3-7-13/h1-9H,10-12H2,(H,17,18). The summed E-state index contributed by atoms with van der Waals surface area (Å²) in [4.78, 5) is 4.71. The van der Waals surface area contributed by atoms with Crippen LogP contribution in [0.3, 0.4) is 0 Å². The maximum atomic E-state index is 11.9. The summed E-state index contributed by atoms with van der Waals surface area (Å²) in [6.45, 7) is 0.587. The van der Waals surface area contributed by atoms with Gasteiger partial charge in [0.25, 0.3) is 10.0 Å². The second-order valence-corrected chi connectivity index (χ2v) is 7.63. The lowest BCUT2D eigenvalue weighted by molar-refractivity contribution is 0.595. The third-order valence-electron chi connectivity index (χ3n) is 3.28. The summed E-state index contributed by atoms with van der Waals surface area (Å²) in [5, 5.41) is 0. The van der Waals surface area contributed by atoms with Crippen molar-refractivity contribution in [3.05, 3.63) is 65.7 Å². The van der Waals surface area contributed by atoms with Crippen LogP contribution in [0.4, 0.5) is 0 Å². The maximum absolute atomic E-state index is 11.9. The second-order valence-electron chi connectivity index (χ2n) is 4.87. The predicted octanol–water partition coefficient (Wildman–Crippen LogP) is 2.66. The molecule has 2 aromatic rings. The van der Waals surface area contributed by atoms with Gasteiger partial charge in [-0.05, 0) is 17.7 Å². The van der Waals surface area contributed by atoms with E-state index in [-0.39, 0.29) is 0 Å². The van der Waals surface area contributed by atoms with E-state index < -0.39 is 10.0 Å². The molecule has 1 heterocycles. The molecule has 0 atom stereocenters. The Bertz CT molecular complexity index is 787. The number of amidine groups is 1. The van der Waals surface area contributed by atoms with Gasteiger partial charge in [-0.3, -0.25) is 9.71 Å². The van der Waals surface area contributed by atoms with Gasteiger partial charge in [-0.1, -0.05) is 42.5 Å². The van der Waals surface area contributed by atoms with Crippen LogP contribution in [0.15, 0.2) is 64.5 Å². The molecule has 1 N–H and O–H groups in total. The zero-order valence-electron chi connectivity index (χ0n) is 11.9. The molecule has 1 aliphatic heterocycles. The Hall–Kier alpha value is -1.79. The minimum Gasteiger partial charge on any atom is -0.266 e. The number of hydrogen-bond acceptors (Lipinski definition) is 4. The lowest BCUT2D eigenvalue weighted by Gasteiger charge is -2.01. The van der Waals surface area contributed by atoms with Crippen molar-refractivity contribution in [2.75, 3.05) is 12.3 Å². The van der Waals surface area contributed by atoms with Crippen LogP contribution in [-0.4, -0.2) is 26.6 Å². The number of fused-ring (bicyclic) bond motifs is 1. The minimum absolute atomic E-state index is 0.311. The molecule has 0 saturated carbocycles. The van der Waals surface area contributed by atoms with Crippen LogP contribution in [0.25, 0.3) is 0 Å². The van der Waals surface area contributed by atoms with Crippen molar-refractivity contribution < 1.29 is 8.42 Å². The van der Waals surface area contributed by atoms with E-state index in [4.69, 9.17) is 0 Å². The van der Waals surface area contributed by atoms with Crippen LogP contribution in [0.2, 0.25) is 0 Å². The van der Waals surface area contributed by atoms with Gasteiger partial charge in [0.15, 0.2) is 0 Å². The van der Waals surface area contributed by atoms with Crippen LogP contribution in [0.5, 0.6) is 0 Å². The first-order valence-corrected chi connectivity index (χ1v) is 9.59. The van der Waals surface area contributed by atoms with Crippen LogP contribution in [0.1, 0.15) is 11.1 Å². The minimum atomic E-state index is -3.43. The average Bonchev–Trinajstić information content (AvgIpc) is 2.80. The molecule has 2 aromatic carbocycles. The molecule has 0 unspecified atom stereocenters. The van der Waals surface area contributed by atoms with Crippen LogP contribution >= 0.6 is 11.8 Å². The van der Waals surface area contributed by atoms with Crippen molar-refractivity contribution in [3.63, 3.8) is 0 Å². The van der Waals surface area contributed by atoms with E-state index in [9.17, 15) is 8.42 Å². The van der Waals surface area contributed by atoms with Gasteiger partial charge in [-0.15, -0.1) is 0 Å². The van der Waals surface area contributed by atoms with E-state index in [0.717, 1.165) is 11.5 Å². The Labute approximate surface area is 134 Å². The average molecular weight is 332 g/mol. The summed E-state index contributed by atoms with van der Waals surface area (Å²) in [5.41, 5.74) is 1.95. The summed E-state index contributed by atoms with van der Waals surface area (Å²) in [6.07, 6.45) is 0. The molecule has 0 radical (unpaired) electrons. The summed E-state index contributed by atoms with van der Waals surface area (Å²) in [6, 6.07) is 17.2. The van der Waals surface area contributed by atoms with Crippen molar-refractivity contribution >= 4 is 27.6 Å². The number of nitrogens with zero attached hydrogens (tertiary/aromatic N) is 1. The lowest BCUT2D eigenvalue weighted by Crippen LogP contribution is -2.22. The Kier molecular flexibility index (Phi) is 4.49. The van der Waals surface area contributed by atoms with Crippen LogP contribution in [0, 0.1) is 0 Å². The van der Waals surface area contributed by atoms with Crippen molar-refractivity contribution in [2.24, 2.45) is 4.99 Å². The number of sulfonamides is 1. The van der Waals surface area contributed by atoms with E-state index in [1.54, 1.807) is 30.0 Å². The van der Waals surface area contributed by atoms with Gasteiger partial charge in [0.05, 0.1) is 11.4 Å². The molecule has 22 heavy (non-hydrogen) atoms. The van der Waals surface area contributed by atoms with Gasteiger partial charge < -0.3 is 0 Å². The Balaban J connectivity index is 1.58. The SMILES string of the molecule is O=S1(=O)NC(=NCCSCc2ccccc2)c2ccccc21. The molecule has 3 rings (SSSR count). The van der Waals surface area contributed by atoms with Gasteiger partial charge in [-0.25, -0.2) is 8.42 Å². The highest BCUT2D eigenvalue weighted by molar-refractivity contribution is 7.98. The van der Waals surface area contributed by atoms with E-state index in [1.165, 1.54) is 5.56 Å². The first-order chi connectivity index (χ1) is 10.7. The number of nitrogens with one attached hydrogen (secondary N) is 1. The Morgan fingerprint density at radius 2 is 1.73 bits per heavy atom. The Morgan fingerprint density at radius 3 is 2.55 bits per heavy atom. The van der Waals surface area contributed by atoms with Gasteiger partial charge in [0, 0.05) is 17.1 Å². The monoisotopic (exact) mass is 332 g/mol. The number of rotatable bonds is 5. The molecule has 114 valence electrons. The molecule has 0 spiro atoms. The smallest absolute Gasteiger partial charge is 0.263 e. The first-order valence-electron chi connectivity index (χ1n) is 6.95. The molecular weight excluding hydrogens is 316 g/mol. The zero-order valence-corrected chi connectivity index (χ0v) is 13.5. The summed E-state index contributed by atoms with van der Waals surface area (Å²) in [5.74, 6) is 2.24. The highest BCUT2D eigenvalue weighted by Crippen LogP contribution is 2.22. The quantitative estimate of drug-likeness (QED) is 0.857. The van der Waals surface area contributed by atoms with E-state index in [2.05, 4.69) is 21.8 Å². The topological polar surface area (TPSA) is 58.5 Å². The van der Waals surface area contributed by atoms with Crippen molar-refractivity contribution in [3.8, 4) is 0 Å². The molecule has 6 heteroatoms. The van der Waals surface area contributed by atoms with Gasteiger partial charge in [0.1, 0.15) is 5.84 Å². The molecule has 0 saturated heterocycles. The van der Waals surface area contributed by atoms with Crippen molar-refractivity contribution in [1.29, 1.82) is 0 Å². The molecule has 4 nitrogen and oxygen atoms in total. The maximum Gasteiger partial charge on any atom is 0.263 e. The fraction of sp³-hybridized carbons (Fsp3) is 0.188. The number of thioether (sulfide) groups is 1. The zero-order chi connectivity index (χ0) is 15.4. The van der Waals surface area contributed by atoms with Gasteiger partial charge >= 0.3 is 0 Å². The molecule has 0 bridgehead atoms. The van der Waals surface area contributed by atoms with E-state index in [0.29, 0.717) is 22.8 Å². The third kappa shape index (κ3) is 3.34. The second kappa shape index (κ2) is 6.54.